The monoisotopic (exact) mass is 466 g/mol. The summed E-state index contributed by atoms with van der Waals surface area (Å²) in [5.74, 6) is -0.107. The number of anilines is 2. The van der Waals surface area contributed by atoms with Crippen LogP contribution in [0.5, 0.6) is 0 Å². The Morgan fingerprint density at radius 1 is 1.06 bits per heavy atom. The maximum absolute atomic E-state index is 14.9. The van der Waals surface area contributed by atoms with E-state index in [9.17, 15) is 19.7 Å². The normalized spacial score (nSPS) is 22.4. The van der Waals surface area contributed by atoms with Crippen molar-refractivity contribution in [3.05, 3.63) is 66.2 Å². The average molecular weight is 466 g/mol. The lowest BCUT2D eigenvalue weighted by Gasteiger charge is -2.20. The van der Waals surface area contributed by atoms with E-state index in [-0.39, 0.29) is 29.5 Å². The Hall–Kier alpha value is -3.64. The fourth-order valence-electron chi connectivity index (χ4n) is 4.06. The Morgan fingerprint density at radius 2 is 1.85 bits per heavy atom. The Balaban J connectivity index is 1.47. The molecule has 0 radical (unpaired) electrons. The van der Waals surface area contributed by atoms with Gasteiger partial charge in [-0.25, -0.2) is 19.3 Å². The van der Waals surface area contributed by atoms with E-state index in [2.05, 4.69) is 20.3 Å². The van der Waals surface area contributed by atoms with Crippen LogP contribution in [0.3, 0.4) is 0 Å². The predicted molar refractivity (Wildman–Crippen MR) is 122 cm³/mol. The lowest BCUT2D eigenvalue weighted by atomic mass is 10.0. The van der Waals surface area contributed by atoms with Crippen LogP contribution in [0.15, 0.2) is 54.9 Å². The summed E-state index contributed by atoms with van der Waals surface area (Å²) in [4.78, 5) is 12.6. The van der Waals surface area contributed by atoms with Gasteiger partial charge in [-0.05, 0) is 17.2 Å². The number of hydrogen-bond donors (Lipinski definition) is 5. The summed E-state index contributed by atoms with van der Waals surface area (Å²) in [7, 11) is 0. The van der Waals surface area contributed by atoms with Crippen molar-refractivity contribution in [2.24, 2.45) is 0 Å². The number of imidazole rings is 1. The van der Waals surface area contributed by atoms with Gasteiger partial charge in [-0.1, -0.05) is 42.5 Å². The fourth-order valence-corrected chi connectivity index (χ4v) is 4.06. The van der Waals surface area contributed by atoms with Crippen molar-refractivity contribution in [3.63, 3.8) is 0 Å². The zero-order valence-electron chi connectivity index (χ0n) is 17.9. The number of nitrogens with one attached hydrogen (secondary N) is 1. The molecule has 1 aliphatic rings. The number of benzene rings is 2. The Labute approximate surface area is 193 Å². The van der Waals surface area contributed by atoms with Gasteiger partial charge in [0.15, 0.2) is 23.2 Å². The summed E-state index contributed by atoms with van der Waals surface area (Å²) in [5.41, 5.74) is 8.50. The molecule has 2 aromatic heterocycles. The summed E-state index contributed by atoms with van der Waals surface area (Å²) < 4.78 is 22.0. The van der Waals surface area contributed by atoms with Crippen molar-refractivity contribution in [2.45, 2.75) is 31.1 Å². The van der Waals surface area contributed by atoms with Gasteiger partial charge in [0.1, 0.15) is 30.5 Å². The van der Waals surface area contributed by atoms with Crippen LogP contribution in [0, 0.1) is 5.82 Å². The lowest BCUT2D eigenvalue weighted by Crippen LogP contribution is -2.33. The summed E-state index contributed by atoms with van der Waals surface area (Å²) >= 11 is 0. The van der Waals surface area contributed by atoms with Gasteiger partial charge in [0.25, 0.3) is 0 Å². The van der Waals surface area contributed by atoms with Gasteiger partial charge in [0.05, 0.1) is 6.61 Å². The van der Waals surface area contributed by atoms with Crippen LogP contribution in [-0.2, 0) is 11.3 Å². The molecule has 5 rings (SSSR count). The number of nitrogen functional groups attached to an aromatic ring is 1. The Kier molecular flexibility index (Phi) is 5.84. The van der Waals surface area contributed by atoms with Crippen molar-refractivity contribution in [2.75, 3.05) is 17.7 Å². The van der Waals surface area contributed by atoms with Gasteiger partial charge in [0.2, 0.25) is 5.95 Å². The largest absolute Gasteiger partial charge is 0.394 e. The highest BCUT2D eigenvalue weighted by Crippen LogP contribution is 2.35. The first-order valence-corrected chi connectivity index (χ1v) is 10.7. The number of rotatable bonds is 6. The Morgan fingerprint density at radius 3 is 2.56 bits per heavy atom. The molecule has 3 heterocycles. The first kappa shape index (κ1) is 22.2. The topological polar surface area (TPSA) is 152 Å². The van der Waals surface area contributed by atoms with Gasteiger partial charge < -0.3 is 31.1 Å². The highest BCUT2D eigenvalue weighted by atomic mass is 19.1. The zero-order valence-corrected chi connectivity index (χ0v) is 17.9. The standard InChI is InChI=1S/C23H23FN6O4/c24-15-8-13(12-4-2-1-3-5-12)6-7-14(15)9-26-23-29-17-20(25)27-11-28-21(17)30(23)22-19(33)18(32)16(10-31)34-22/h1-8,11,16,18-19,22,31-33H,9-10H2,(H,26,29)(H2,25,27,28)/t16-,18-,19-,22-/m1/s1. The van der Waals surface area contributed by atoms with Gasteiger partial charge in [-0.2, -0.15) is 0 Å². The molecule has 6 N–H and O–H groups in total. The average Bonchev–Trinajstić information content (AvgIpc) is 3.36. The van der Waals surface area contributed by atoms with E-state index in [1.807, 2.05) is 36.4 Å². The van der Waals surface area contributed by atoms with E-state index in [0.29, 0.717) is 5.56 Å². The molecule has 1 saturated heterocycles. The number of nitrogens with zero attached hydrogens (tertiary/aromatic N) is 4. The number of nitrogens with two attached hydrogens (primary N) is 1. The molecule has 0 saturated carbocycles. The van der Waals surface area contributed by atoms with E-state index >= 15 is 0 Å². The highest BCUT2D eigenvalue weighted by Gasteiger charge is 2.45. The minimum Gasteiger partial charge on any atom is -0.394 e. The van der Waals surface area contributed by atoms with E-state index in [1.54, 1.807) is 6.07 Å². The number of aromatic nitrogens is 4. The molecular formula is C23H23FN6O4. The third-order valence-corrected chi connectivity index (χ3v) is 5.87. The molecule has 0 bridgehead atoms. The molecule has 0 amide bonds. The molecule has 4 aromatic rings. The maximum atomic E-state index is 14.9. The van der Waals surface area contributed by atoms with Gasteiger partial charge >= 0.3 is 0 Å². The summed E-state index contributed by atoms with van der Waals surface area (Å²) in [6.07, 6.45) is -3.55. The van der Waals surface area contributed by atoms with E-state index in [0.717, 1.165) is 11.1 Å². The second kappa shape index (κ2) is 8.95. The summed E-state index contributed by atoms with van der Waals surface area (Å²) in [5, 5.41) is 33.3. The smallest absolute Gasteiger partial charge is 0.207 e. The number of ether oxygens (including phenoxy) is 1. The minimum atomic E-state index is -1.37. The van der Waals surface area contributed by atoms with Crippen LogP contribution in [0.1, 0.15) is 11.8 Å². The molecule has 1 aliphatic heterocycles. The van der Waals surface area contributed by atoms with Crippen molar-refractivity contribution in [3.8, 4) is 11.1 Å². The molecule has 11 heteroatoms. The van der Waals surface area contributed by atoms with Crippen LogP contribution >= 0.6 is 0 Å². The fraction of sp³-hybridized carbons (Fsp3) is 0.261. The van der Waals surface area contributed by atoms with Crippen LogP contribution in [0.25, 0.3) is 22.3 Å². The molecule has 4 atom stereocenters. The van der Waals surface area contributed by atoms with E-state index in [1.165, 1.54) is 17.0 Å². The maximum Gasteiger partial charge on any atom is 0.207 e. The van der Waals surface area contributed by atoms with Crippen LogP contribution < -0.4 is 11.1 Å². The molecule has 10 nitrogen and oxygen atoms in total. The van der Waals surface area contributed by atoms with Crippen LogP contribution in [0.4, 0.5) is 16.2 Å². The second-order valence-corrected chi connectivity index (χ2v) is 7.99. The number of fused-ring (bicyclic) bond motifs is 1. The van der Waals surface area contributed by atoms with Gasteiger partial charge in [0, 0.05) is 12.1 Å². The molecule has 1 fully saturated rings. The quantitative estimate of drug-likeness (QED) is 0.284. The predicted octanol–water partition coefficient (Wildman–Crippen LogP) is 1.44. The molecule has 0 spiro atoms. The molecule has 2 aromatic carbocycles. The number of halogens is 1. The van der Waals surface area contributed by atoms with Crippen molar-refractivity contribution < 1.29 is 24.4 Å². The number of hydrogen-bond acceptors (Lipinski definition) is 9. The third kappa shape index (κ3) is 3.84. The molecular weight excluding hydrogens is 443 g/mol. The van der Waals surface area contributed by atoms with E-state index in [4.69, 9.17) is 10.5 Å². The first-order valence-electron chi connectivity index (χ1n) is 10.7. The molecule has 0 unspecified atom stereocenters. The first-order chi connectivity index (χ1) is 16.5. The van der Waals surface area contributed by atoms with Crippen LogP contribution in [0.2, 0.25) is 0 Å². The third-order valence-electron chi connectivity index (χ3n) is 5.87. The molecule has 0 aliphatic carbocycles. The van der Waals surface area contributed by atoms with Crippen LogP contribution in [-0.4, -0.2) is 59.8 Å². The minimum absolute atomic E-state index is 0.0619. The van der Waals surface area contributed by atoms with E-state index < -0.39 is 37.0 Å². The second-order valence-electron chi connectivity index (χ2n) is 7.99. The van der Waals surface area contributed by atoms with Gasteiger partial charge in [-0.15, -0.1) is 0 Å². The number of aliphatic hydroxyl groups excluding tert-OH is 3. The highest BCUT2D eigenvalue weighted by molar-refractivity contribution is 5.84. The number of aliphatic hydroxyl groups is 3. The SMILES string of the molecule is Nc1ncnc2c1nc(NCc1ccc(-c3ccccc3)cc1F)n2[C@@H]1O[C@H](CO)[C@@H](O)[C@H]1O. The summed E-state index contributed by atoms with van der Waals surface area (Å²) in [6.45, 7) is -0.424. The molecule has 34 heavy (non-hydrogen) atoms. The van der Waals surface area contributed by atoms with Crippen molar-refractivity contribution in [1.82, 2.24) is 19.5 Å². The lowest BCUT2D eigenvalue weighted by molar-refractivity contribution is -0.0501. The van der Waals surface area contributed by atoms with Crippen molar-refractivity contribution >= 4 is 22.9 Å². The van der Waals surface area contributed by atoms with Crippen molar-refractivity contribution in [1.29, 1.82) is 0 Å². The summed E-state index contributed by atoms with van der Waals surface area (Å²) in [6, 6.07) is 14.5. The Bertz CT molecular complexity index is 1320. The zero-order chi connectivity index (χ0) is 23.8. The van der Waals surface area contributed by atoms with Gasteiger partial charge in [-0.3, -0.25) is 4.57 Å². The molecule has 176 valence electrons.